The third-order valence-electron chi connectivity index (χ3n) is 3.87. The summed E-state index contributed by atoms with van der Waals surface area (Å²) in [6.07, 6.45) is 1.78. The number of hydrogen-bond donors (Lipinski definition) is 0. The number of nitriles is 1. The van der Waals surface area contributed by atoms with Crippen LogP contribution in [0.25, 0.3) is 11.6 Å². The van der Waals surface area contributed by atoms with E-state index in [1.165, 1.54) is 0 Å². The molecule has 0 heterocycles. The van der Waals surface area contributed by atoms with E-state index in [0.29, 0.717) is 33.0 Å². The van der Waals surface area contributed by atoms with Gasteiger partial charge in [-0.05, 0) is 42.0 Å². The van der Waals surface area contributed by atoms with E-state index in [1.807, 2.05) is 42.5 Å². The molecule has 0 aliphatic heterocycles. The summed E-state index contributed by atoms with van der Waals surface area (Å²) in [7, 11) is 0. The predicted molar refractivity (Wildman–Crippen MR) is 112 cm³/mol. The van der Waals surface area contributed by atoms with Crippen molar-refractivity contribution in [3.63, 3.8) is 0 Å². The Morgan fingerprint density at radius 1 is 0.926 bits per heavy atom. The van der Waals surface area contributed by atoms with Crippen LogP contribution in [-0.4, -0.2) is 0 Å². The minimum Gasteiger partial charge on any atom is -0.488 e. The normalized spacial score (nSPS) is 11.1. The molecule has 3 aromatic carbocycles. The molecule has 0 unspecified atom stereocenters. The molecular weight excluding hydrogens is 401 g/mol. The van der Waals surface area contributed by atoms with Gasteiger partial charge in [0.2, 0.25) is 0 Å². The van der Waals surface area contributed by atoms with Crippen molar-refractivity contribution in [2.24, 2.45) is 0 Å². The Morgan fingerprint density at radius 3 is 2.44 bits per heavy atom. The van der Waals surface area contributed by atoms with Crippen LogP contribution >= 0.6 is 34.8 Å². The first-order valence-electron chi connectivity index (χ1n) is 8.10. The highest BCUT2D eigenvalue weighted by molar-refractivity contribution is 6.35. The number of hydrogen-bond acceptors (Lipinski definition) is 2. The maximum atomic E-state index is 9.56. The molecule has 0 spiro atoms. The number of allylic oxidation sites excluding steroid dienone is 1. The van der Waals surface area contributed by atoms with Gasteiger partial charge in [0.1, 0.15) is 12.4 Å². The average Bonchev–Trinajstić information content (AvgIpc) is 2.66. The van der Waals surface area contributed by atoms with Crippen LogP contribution in [0, 0.1) is 11.3 Å². The quantitative estimate of drug-likeness (QED) is 0.324. The summed E-state index contributed by atoms with van der Waals surface area (Å²) in [6, 6.07) is 22.2. The van der Waals surface area contributed by atoms with Crippen LogP contribution in [0.4, 0.5) is 0 Å². The zero-order valence-electron chi connectivity index (χ0n) is 14.1. The van der Waals surface area contributed by atoms with Crippen LogP contribution in [0.15, 0.2) is 66.7 Å². The summed E-state index contributed by atoms with van der Waals surface area (Å²) in [5, 5.41) is 11.3. The SMILES string of the molecule is N#C/C(=C/c1ccccc1OCc1ccc(Cl)cc1Cl)c1cccc(Cl)c1. The Balaban J connectivity index is 1.88. The Morgan fingerprint density at radius 2 is 1.70 bits per heavy atom. The second-order valence-electron chi connectivity index (χ2n) is 5.74. The third-order valence-corrected chi connectivity index (χ3v) is 4.70. The summed E-state index contributed by atoms with van der Waals surface area (Å²) in [5.41, 5.74) is 2.87. The van der Waals surface area contributed by atoms with Gasteiger partial charge in [0, 0.05) is 26.2 Å². The number of para-hydroxylation sites is 1. The predicted octanol–water partition coefficient (Wildman–Crippen LogP) is 7.29. The number of benzene rings is 3. The Kier molecular flexibility index (Phi) is 6.42. The number of nitrogens with zero attached hydrogens (tertiary/aromatic N) is 1. The van der Waals surface area contributed by atoms with Gasteiger partial charge in [0.25, 0.3) is 0 Å². The molecule has 0 aromatic heterocycles. The van der Waals surface area contributed by atoms with Crippen LogP contribution in [0.3, 0.4) is 0 Å². The standard InChI is InChI=1S/C22H14Cl3NO/c23-19-6-3-5-15(11-19)18(13-26)10-16-4-1-2-7-22(16)27-14-17-8-9-20(24)12-21(17)25/h1-12H,14H2/b18-10-. The van der Waals surface area contributed by atoms with E-state index in [-0.39, 0.29) is 0 Å². The van der Waals surface area contributed by atoms with Crippen molar-refractivity contribution in [2.45, 2.75) is 6.61 Å². The monoisotopic (exact) mass is 413 g/mol. The van der Waals surface area contributed by atoms with Crippen molar-refractivity contribution >= 4 is 46.5 Å². The Labute approximate surface area is 173 Å². The maximum absolute atomic E-state index is 9.56. The second-order valence-corrected chi connectivity index (χ2v) is 7.02. The van der Waals surface area contributed by atoms with Gasteiger partial charge in [0.05, 0.1) is 11.6 Å². The van der Waals surface area contributed by atoms with Gasteiger partial charge in [-0.1, -0.05) is 71.2 Å². The van der Waals surface area contributed by atoms with Crippen molar-refractivity contribution in [3.8, 4) is 11.8 Å². The number of halogens is 3. The molecule has 0 aliphatic rings. The van der Waals surface area contributed by atoms with E-state index >= 15 is 0 Å². The molecule has 2 nitrogen and oxygen atoms in total. The Bertz CT molecular complexity index is 1040. The van der Waals surface area contributed by atoms with Crippen LogP contribution in [0.2, 0.25) is 15.1 Å². The highest BCUT2D eigenvalue weighted by atomic mass is 35.5. The first-order valence-corrected chi connectivity index (χ1v) is 9.23. The summed E-state index contributed by atoms with van der Waals surface area (Å²) in [5.74, 6) is 0.651. The lowest BCUT2D eigenvalue weighted by Gasteiger charge is -2.11. The molecule has 0 amide bonds. The molecule has 5 heteroatoms. The summed E-state index contributed by atoms with van der Waals surface area (Å²) in [4.78, 5) is 0. The molecule has 0 radical (unpaired) electrons. The van der Waals surface area contributed by atoms with Crippen LogP contribution < -0.4 is 4.74 Å². The zero-order valence-corrected chi connectivity index (χ0v) is 16.4. The van der Waals surface area contributed by atoms with E-state index in [1.54, 1.807) is 30.3 Å². The number of rotatable bonds is 5. The molecular formula is C22H14Cl3NO. The third kappa shape index (κ3) is 5.05. The molecule has 0 fully saturated rings. The van der Waals surface area contributed by atoms with Crippen LogP contribution in [0.1, 0.15) is 16.7 Å². The van der Waals surface area contributed by atoms with E-state index in [2.05, 4.69) is 6.07 Å². The second kappa shape index (κ2) is 8.97. The number of ether oxygens (including phenoxy) is 1. The summed E-state index contributed by atoms with van der Waals surface area (Å²) >= 11 is 18.2. The highest BCUT2D eigenvalue weighted by Gasteiger charge is 2.08. The molecule has 0 aliphatic carbocycles. The van der Waals surface area contributed by atoms with Crippen molar-refractivity contribution < 1.29 is 4.74 Å². The summed E-state index contributed by atoms with van der Waals surface area (Å²) in [6.45, 7) is 0.292. The van der Waals surface area contributed by atoms with Gasteiger partial charge < -0.3 is 4.74 Å². The van der Waals surface area contributed by atoms with Crippen LogP contribution in [0.5, 0.6) is 5.75 Å². The minimum absolute atomic E-state index is 0.292. The fraction of sp³-hybridized carbons (Fsp3) is 0.0455. The largest absolute Gasteiger partial charge is 0.488 e. The fourth-order valence-electron chi connectivity index (χ4n) is 2.52. The van der Waals surface area contributed by atoms with Gasteiger partial charge in [-0.15, -0.1) is 0 Å². The maximum Gasteiger partial charge on any atom is 0.127 e. The molecule has 0 N–H and O–H groups in total. The van der Waals surface area contributed by atoms with Crippen molar-refractivity contribution in [1.82, 2.24) is 0 Å². The van der Waals surface area contributed by atoms with Gasteiger partial charge in [0.15, 0.2) is 0 Å². The molecule has 3 aromatic rings. The van der Waals surface area contributed by atoms with E-state index in [4.69, 9.17) is 39.5 Å². The van der Waals surface area contributed by atoms with Gasteiger partial charge >= 0.3 is 0 Å². The molecule has 3 rings (SSSR count). The van der Waals surface area contributed by atoms with E-state index in [0.717, 1.165) is 16.7 Å². The van der Waals surface area contributed by atoms with Crippen molar-refractivity contribution in [2.75, 3.05) is 0 Å². The van der Waals surface area contributed by atoms with Crippen molar-refractivity contribution in [1.29, 1.82) is 5.26 Å². The molecule has 0 atom stereocenters. The Hall–Kier alpha value is -2.44. The molecule has 134 valence electrons. The van der Waals surface area contributed by atoms with Gasteiger partial charge in [-0.25, -0.2) is 0 Å². The fourth-order valence-corrected chi connectivity index (χ4v) is 3.17. The van der Waals surface area contributed by atoms with Gasteiger partial charge in [-0.3, -0.25) is 0 Å². The lowest BCUT2D eigenvalue weighted by Crippen LogP contribution is -1.98. The molecule has 0 saturated carbocycles. The van der Waals surface area contributed by atoms with E-state index in [9.17, 15) is 5.26 Å². The molecule has 0 saturated heterocycles. The zero-order chi connectivity index (χ0) is 19.2. The first-order chi connectivity index (χ1) is 13.1. The topological polar surface area (TPSA) is 33.0 Å². The highest BCUT2D eigenvalue weighted by Crippen LogP contribution is 2.28. The van der Waals surface area contributed by atoms with E-state index < -0.39 is 0 Å². The smallest absolute Gasteiger partial charge is 0.127 e. The lowest BCUT2D eigenvalue weighted by molar-refractivity contribution is 0.305. The van der Waals surface area contributed by atoms with Crippen molar-refractivity contribution in [3.05, 3.63) is 98.5 Å². The van der Waals surface area contributed by atoms with Gasteiger partial charge in [-0.2, -0.15) is 5.26 Å². The summed E-state index contributed by atoms with van der Waals surface area (Å²) < 4.78 is 5.94. The minimum atomic E-state index is 0.292. The lowest BCUT2D eigenvalue weighted by atomic mass is 10.0. The first kappa shape index (κ1) is 19.3. The average molecular weight is 415 g/mol. The van der Waals surface area contributed by atoms with Crippen LogP contribution in [-0.2, 0) is 6.61 Å². The molecule has 27 heavy (non-hydrogen) atoms. The molecule has 0 bridgehead atoms.